The summed E-state index contributed by atoms with van der Waals surface area (Å²) in [6.45, 7) is 0. The van der Waals surface area contributed by atoms with Crippen molar-refractivity contribution in [3.05, 3.63) is 0 Å². The lowest BCUT2D eigenvalue weighted by molar-refractivity contribution is -0.476. The number of halogens is 12. The van der Waals surface area contributed by atoms with E-state index in [4.69, 9.17) is 15.1 Å². The van der Waals surface area contributed by atoms with Crippen LogP contribution in [-0.4, -0.2) is 35.4 Å². The Hall–Kier alpha value is -0.880. The largest absolute Gasteiger partial charge is 0.404 e. The molecule has 0 aromatic heterocycles. The summed E-state index contributed by atoms with van der Waals surface area (Å²) in [5.41, 5.74) is -22.8. The van der Waals surface area contributed by atoms with Crippen molar-refractivity contribution in [2.45, 2.75) is 94.3 Å². The molecule has 0 amide bonds. The quantitative estimate of drug-likeness (QED) is 0.297. The van der Waals surface area contributed by atoms with Crippen molar-refractivity contribution >= 4 is 0 Å². The number of alkyl halides is 12. The Morgan fingerprint density at radius 3 is 1.58 bits per heavy atom. The number of hydrogen-bond donors (Lipinski definition) is 1. The van der Waals surface area contributed by atoms with Gasteiger partial charge in [0.2, 0.25) is 0 Å². The van der Waals surface area contributed by atoms with Crippen molar-refractivity contribution in [2.75, 3.05) is 0 Å². The predicted molar refractivity (Wildman–Crippen MR) is 83.7 cm³/mol. The zero-order valence-electron chi connectivity index (χ0n) is 26.0. The van der Waals surface area contributed by atoms with Gasteiger partial charge in [-0.2, -0.15) is 52.7 Å². The second kappa shape index (κ2) is 7.86. The smallest absolute Gasteiger partial charge is 0.390 e. The van der Waals surface area contributed by atoms with Crippen LogP contribution in [0.15, 0.2) is 0 Å². The highest BCUT2D eigenvalue weighted by atomic mass is 19.4. The predicted octanol–water partition coefficient (Wildman–Crippen LogP) is 7.48. The molecule has 0 radical (unpaired) electrons. The second-order valence-electron chi connectivity index (χ2n) is 6.92. The molecule has 2 atom stereocenters. The molecule has 2 unspecified atom stereocenters. The van der Waals surface area contributed by atoms with E-state index in [-0.39, 0.29) is 6.42 Å². The summed E-state index contributed by atoms with van der Waals surface area (Å²) in [6.07, 6.45) is -67.4. The fourth-order valence-corrected chi connectivity index (χ4v) is 3.55. The molecule has 0 bridgehead atoms. The summed E-state index contributed by atoms with van der Waals surface area (Å²) in [5.74, 6) is -4.60. The molecule has 0 saturated heterocycles. The fourth-order valence-electron chi connectivity index (χ4n) is 3.55. The van der Waals surface area contributed by atoms with Gasteiger partial charge in [0.1, 0.15) is 0 Å². The minimum atomic E-state index is -8.37. The van der Waals surface area contributed by atoms with Gasteiger partial charge in [-0.1, -0.05) is 25.7 Å². The molecule has 2 rings (SSSR count). The highest BCUT2D eigenvalue weighted by molar-refractivity contribution is 5.17. The monoisotopic (exact) mass is 493 g/mol. The van der Waals surface area contributed by atoms with Gasteiger partial charge in [0, 0.05) is 21.5 Å². The first kappa shape index (κ1) is 14.4. The molecule has 2 aliphatic carbocycles. The van der Waals surface area contributed by atoms with Crippen molar-refractivity contribution in [1.29, 1.82) is 0 Å². The Balaban J connectivity index is 3.72. The van der Waals surface area contributed by atoms with Gasteiger partial charge in [0.05, 0.1) is 5.60 Å². The maximum Gasteiger partial charge on any atom is 0.404 e. The molecule has 0 spiro atoms. The van der Waals surface area contributed by atoms with Crippen molar-refractivity contribution in [2.24, 2.45) is 16.7 Å². The molecule has 2 fully saturated rings. The maximum atomic E-state index is 14.8. The van der Waals surface area contributed by atoms with Crippen LogP contribution >= 0.6 is 0 Å². The summed E-state index contributed by atoms with van der Waals surface area (Å²) in [5, 5.41) is 11.5. The molecule has 0 aliphatic heterocycles. The molecule has 2 saturated carbocycles. The number of rotatable bonds is 1. The Morgan fingerprint density at radius 1 is 0.677 bits per heavy atom. The first-order chi connectivity index (χ1) is 18.0. The van der Waals surface area contributed by atoms with E-state index in [0.29, 0.717) is 0 Å². The molecule has 0 heterocycles. The molecule has 0 aromatic rings. The van der Waals surface area contributed by atoms with Crippen LogP contribution in [0.5, 0.6) is 0 Å². The third-order valence-electron chi connectivity index (χ3n) is 5.00. The zero-order chi connectivity index (χ0) is 34.0. The topological polar surface area (TPSA) is 20.2 Å². The fraction of sp³-hybridized carbons (Fsp3) is 1.00. The normalized spacial score (nSPS) is 46.8. The van der Waals surface area contributed by atoms with E-state index in [1.807, 2.05) is 0 Å². The van der Waals surface area contributed by atoms with Crippen LogP contribution in [0, 0.1) is 16.7 Å². The van der Waals surface area contributed by atoms with Crippen LogP contribution in [0.25, 0.3) is 0 Å². The molecule has 31 heavy (non-hydrogen) atoms. The van der Waals surface area contributed by atoms with Gasteiger partial charge in [-0.05, 0) is 37.8 Å². The Morgan fingerprint density at radius 2 is 1.13 bits per heavy atom. The van der Waals surface area contributed by atoms with Crippen molar-refractivity contribution in [1.82, 2.24) is 0 Å². The Labute approximate surface area is 185 Å². The SMILES string of the molecule is [2H]C1([2H])CCCCCC1([2H])C1(O)C([2H])([2H])C([2H])([2H])C([2H])([2H])C(C(F)(F)F)(C(F)(F)F)C(C(F)(F)F)(C(F)(F)F)C1([2H])[2H]. The molecule has 2 aliphatic rings. The van der Waals surface area contributed by atoms with Gasteiger partial charge >= 0.3 is 24.7 Å². The molecule has 0 aromatic carbocycles. The van der Waals surface area contributed by atoms with E-state index < -0.39 is 105 Å². The lowest BCUT2D eigenvalue weighted by atomic mass is 9.55. The van der Waals surface area contributed by atoms with Gasteiger partial charge in [-0.15, -0.1) is 0 Å². The van der Waals surface area contributed by atoms with Crippen molar-refractivity contribution in [3.63, 3.8) is 0 Å². The molecule has 184 valence electrons. The van der Waals surface area contributed by atoms with Crippen LogP contribution in [0.3, 0.4) is 0 Å². The third-order valence-corrected chi connectivity index (χ3v) is 5.00. The summed E-state index contributed by atoms with van der Waals surface area (Å²) >= 11 is 0. The summed E-state index contributed by atoms with van der Waals surface area (Å²) in [4.78, 5) is 0. The Bertz CT molecular complexity index is 1040. The van der Waals surface area contributed by atoms with Gasteiger partial charge in [0.25, 0.3) is 0 Å². The zero-order valence-corrected chi connectivity index (χ0v) is 15.0. The highest BCUT2D eigenvalue weighted by Crippen LogP contribution is 2.75. The molecular weight excluding hydrogens is 460 g/mol. The standard InChI is InChI=1S/C18H22F12O/c19-15(20,21)13(16(22,23)24)9-5-8-12(31,11-6-3-1-2-4-7-11)10-14(13,17(25,26)27)18(28,29)30/h11,31H,1-10H2/i5D2,6D2,8D2,9D2,10D2,11D. The number of hydrogen-bond acceptors (Lipinski definition) is 1. The Kier molecular flexibility index (Phi) is 3.65. The molecule has 1 N–H and O–H groups in total. The van der Waals surface area contributed by atoms with Crippen LogP contribution in [0.4, 0.5) is 52.7 Å². The van der Waals surface area contributed by atoms with Gasteiger partial charge in [-0.25, -0.2) is 0 Å². The van der Waals surface area contributed by atoms with E-state index in [1.54, 1.807) is 0 Å². The lowest BCUT2D eigenvalue weighted by Gasteiger charge is -2.53. The minimum absolute atomic E-state index is 0.311. The van der Waals surface area contributed by atoms with Gasteiger partial charge < -0.3 is 5.11 Å². The van der Waals surface area contributed by atoms with E-state index in [1.165, 1.54) is 0 Å². The minimum Gasteiger partial charge on any atom is -0.390 e. The van der Waals surface area contributed by atoms with Crippen LogP contribution < -0.4 is 0 Å². The molecule has 1 nitrogen and oxygen atoms in total. The van der Waals surface area contributed by atoms with Gasteiger partial charge in [-0.3, -0.25) is 0 Å². The van der Waals surface area contributed by atoms with E-state index in [9.17, 15) is 57.8 Å². The van der Waals surface area contributed by atoms with Crippen LogP contribution in [0.2, 0.25) is 0 Å². The average Bonchev–Trinajstić information content (AvgIpc) is 2.84. The van der Waals surface area contributed by atoms with Crippen LogP contribution in [0.1, 0.15) is 79.0 Å². The highest BCUT2D eigenvalue weighted by Gasteiger charge is 2.93. The third kappa shape index (κ3) is 4.01. The maximum absolute atomic E-state index is 14.8. The molecule has 13 heteroatoms. The van der Waals surface area contributed by atoms with E-state index >= 15 is 0 Å². The van der Waals surface area contributed by atoms with Crippen molar-refractivity contribution in [3.8, 4) is 0 Å². The van der Waals surface area contributed by atoms with E-state index in [0.717, 1.165) is 0 Å². The summed E-state index contributed by atoms with van der Waals surface area (Å²) in [6, 6.07) is 0. The number of aliphatic hydroxyl groups is 1. The van der Waals surface area contributed by atoms with Gasteiger partial charge in [0.15, 0.2) is 10.8 Å². The summed E-state index contributed by atoms with van der Waals surface area (Å²) < 4.78 is 264. The summed E-state index contributed by atoms with van der Waals surface area (Å²) in [7, 11) is 0. The van der Waals surface area contributed by atoms with E-state index in [2.05, 4.69) is 0 Å². The second-order valence-corrected chi connectivity index (χ2v) is 6.92. The first-order valence-corrected chi connectivity index (χ1v) is 8.45. The average molecular weight is 493 g/mol. The lowest BCUT2D eigenvalue weighted by Crippen LogP contribution is -2.72. The molecular formula is C18H22F12O. The van der Waals surface area contributed by atoms with Crippen molar-refractivity contribution < 1.29 is 72.9 Å². The van der Waals surface area contributed by atoms with Crippen LogP contribution in [-0.2, 0) is 0 Å². The first-order valence-electron chi connectivity index (χ1n) is 13.9.